The Balaban J connectivity index is 1.73. The fourth-order valence-corrected chi connectivity index (χ4v) is 5.09. The first kappa shape index (κ1) is 28.5. The average Bonchev–Trinajstić information content (AvgIpc) is 3.25. The summed E-state index contributed by atoms with van der Waals surface area (Å²) in [5.74, 6) is 0.756. The number of unbranched alkanes of at least 4 members (excludes halogenated alkanes) is 2. The molecule has 36 heavy (non-hydrogen) atoms. The standard InChI is InChI=1S/C29H49N5O2/c1-4-6-17-33(18-7-5-2)24-25-14-15-26-27(23-25)34(22-12-21-32-19-9-8-10-20-32)29(31-26)30-16-11-13-28(35)36-3/h14-15,23H,4-13,16-22,24H2,1-3H3,(H,30,31). The van der Waals surface area contributed by atoms with Crippen molar-refractivity contribution < 1.29 is 9.53 Å². The zero-order valence-electron chi connectivity index (χ0n) is 23.1. The highest BCUT2D eigenvalue weighted by Crippen LogP contribution is 2.23. The van der Waals surface area contributed by atoms with Crippen LogP contribution in [-0.2, 0) is 22.6 Å². The van der Waals surface area contributed by atoms with Crippen molar-refractivity contribution >= 4 is 23.0 Å². The van der Waals surface area contributed by atoms with E-state index in [1.54, 1.807) is 0 Å². The fourth-order valence-electron chi connectivity index (χ4n) is 5.09. The van der Waals surface area contributed by atoms with Crippen LogP contribution >= 0.6 is 0 Å². The predicted octanol–water partition coefficient (Wildman–Crippen LogP) is 5.68. The number of aromatic nitrogens is 2. The van der Waals surface area contributed by atoms with Crippen LogP contribution in [0.15, 0.2) is 18.2 Å². The highest BCUT2D eigenvalue weighted by molar-refractivity contribution is 5.79. The molecule has 0 atom stereocenters. The van der Waals surface area contributed by atoms with Crippen LogP contribution in [0, 0.1) is 0 Å². The van der Waals surface area contributed by atoms with Crippen LogP contribution in [-0.4, -0.2) is 71.7 Å². The molecule has 2 aromatic rings. The molecule has 202 valence electrons. The molecule has 7 nitrogen and oxygen atoms in total. The molecule has 0 saturated carbocycles. The molecule has 0 bridgehead atoms. The molecule has 7 heteroatoms. The Labute approximate surface area is 218 Å². The Kier molecular flexibility index (Phi) is 12.5. The number of carbonyl (C=O) groups excluding carboxylic acids is 1. The highest BCUT2D eigenvalue weighted by atomic mass is 16.5. The van der Waals surface area contributed by atoms with E-state index >= 15 is 0 Å². The highest BCUT2D eigenvalue weighted by Gasteiger charge is 2.15. The van der Waals surface area contributed by atoms with Crippen molar-refractivity contribution in [3.05, 3.63) is 23.8 Å². The molecule has 0 unspecified atom stereocenters. The summed E-state index contributed by atoms with van der Waals surface area (Å²) in [6.45, 7) is 13.1. The van der Waals surface area contributed by atoms with E-state index < -0.39 is 0 Å². The third-order valence-electron chi connectivity index (χ3n) is 7.25. The van der Waals surface area contributed by atoms with Crippen molar-refractivity contribution in [2.45, 2.75) is 91.1 Å². The van der Waals surface area contributed by atoms with Gasteiger partial charge in [0.2, 0.25) is 5.95 Å². The second kappa shape index (κ2) is 15.9. The number of ether oxygens (including phenoxy) is 1. The van der Waals surface area contributed by atoms with Crippen LogP contribution in [0.2, 0.25) is 0 Å². The van der Waals surface area contributed by atoms with Crippen LogP contribution in [0.3, 0.4) is 0 Å². The number of benzene rings is 1. The van der Waals surface area contributed by atoms with Gasteiger partial charge >= 0.3 is 5.97 Å². The van der Waals surface area contributed by atoms with E-state index in [1.165, 1.54) is 76.2 Å². The van der Waals surface area contributed by atoms with E-state index in [0.717, 1.165) is 57.0 Å². The number of piperidine rings is 1. The number of nitrogens with one attached hydrogen (secondary N) is 1. The topological polar surface area (TPSA) is 62.6 Å². The van der Waals surface area contributed by atoms with Crippen LogP contribution in [0.1, 0.15) is 83.6 Å². The minimum Gasteiger partial charge on any atom is -0.469 e. The monoisotopic (exact) mass is 499 g/mol. The summed E-state index contributed by atoms with van der Waals surface area (Å²) in [7, 11) is 1.45. The van der Waals surface area contributed by atoms with E-state index in [4.69, 9.17) is 9.72 Å². The zero-order chi connectivity index (χ0) is 25.6. The Morgan fingerprint density at radius 2 is 1.78 bits per heavy atom. The number of imidazole rings is 1. The smallest absolute Gasteiger partial charge is 0.305 e. The maximum absolute atomic E-state index is 11.5. The molecule has 1 aromatic carbocycles. The number of hydrogen-bond acceptors (Lipinski definition) is 6. The molecule has 0 amide bonds. The fraction of sp³-hybridized carbons (Fsp3) is 0.724. The van der Waals surface area contributed by atoms with Crippen LogP contribution < -0.4 is 5.32 Å². The summed E-state index contributed by atoms with van der Waals surface area (Å²) in [5.41, 5.74) is 3.62. The second-order valence-electron chi connectivity index (χ2n) is 10.3. The van der Waals surface area contributed by atoms with E-state index in [0.29, 0.717) is 13.0 Å². The van der Waals surface area contributed by atoms with E-state index in [2.05, 4.69) is 51.7 Å². The van der Waals surface area contributed by atoms with E-state index in [1.807, 2.05) is 0 Å². The van der Waals surface area contributed by atoms with Crippen molar-refractivity contribution in [1.82, 2.24) is 19.4 Å². The summed E-state index contributed by atoms with van der Waals surface area (Å²) < 4.78 is 7.15. The predicted molar refractivity (Wildman–Crippen MR) is 149 cm³/mol. The van der Waals surface area contributed by atoms with Crippen molar-refractivity contribution in [3.8, 4) is 0 Å². The van der Waals surface area contributed by atoms with Gasteiger partial charge in [0.25, 0.3) is 0 Å². The third kappa shape index (κ3) is 9.07. The Bertz CT molecular complexity index is 898. The molecule has 1 saturated heterocycles. The summed E-state index contributed by atoms with van der Waals surface area (Å²) >= 11 is 0. The lowest BCUT2D eigenvalue weighted by molar-refractivity contribution is -0.140. The van der Waals surface area contributed by atoms with Crippen LogP contribution in [0.4, 0.5) is 5.95 Å². The molecule has 1 aliphatic rings. The molecule has 1 aromatic heterocycles. The lowest BCUT2D eigenvalue weighted by Crippen LogP contribution is -2.31. The van der Waals surface area contributed by atoms with Crippen LogP contribution in [0.25, 0.3) is 11.0 Å². The van der Waals surface area contributed by atoms with Crippen LogP contribution in [0.5, 0.6) is 0 Å². The summed E-state index contributed by atoms with van der Waals surface area (Å²) in [6.07, 6.45) is 11.3. The summed E-state index contributed by atoms with van der Waals surface area (Å²) in [6, 6.07) is 6.79. The molecule has 2 heterocycles. The van der Waals surface area contributed by atoms with Gasteiger partial charge in [-0.05, 0) is 88.9 Å². The van der Waals surface area contributed by atoms with E-state index in [-0.39, 0.29) is 5.97 Å². The minimum absolute atomic E-state index is 0.160. The lowest BCUT2D eigenvalue weighted by Gasteiger charge is -2.26. The Hall–Kier alpha value is -2.12. The van der Waals surface area contributed by atoms with Gasteiger partial charge in [0.15, 0.2) is 0 Å². The maximum atomic E-state index is 11.5. The molecule has 0 radical (unpaired) electrons. The van der Waals surface area contributed by atoms with Gasteiger partial charge in [0, 0.05) is 26.1 Å². The molecular weight excluding hydrogens is 450 g/mol. The van der Waals surface area contributed by atoms with Gasteiger partial charge in [0.05, 0.1) is 18.1 Å². The number of esters is 1. The largest absolute Gasteiger partial charge is 0.469 e. The third-order valence-corrected chi connectivity index (χ3v) is 7.25. The Morgan fingerprint density at radius 3 is 2.47 bits per heavy atom. The molecule has 1 aliphatic heterocycles. The number of nitrogens with zero attached hydrogens (tertiary/aromatic N) is 4. The summed E-state index contributed by atoms with van der Waals surface area (Å²) in [5, 5.41) is 3.51. The lowest BCUT2D eigenvalue weighted by atomic mass is 10.1. The normalized spacial score (nSPS) is 14.6. The number of hydrogen-bond donors (Lipinski definition) is 1. The summed E-state index contributed by atoms with van der Waals surface area (Å²) in [4.78, 5) is 21.7. The van der Waals surface area contributed by atoms with Gasteiger partial charge in [-0.1, -0.05) is 39.2 Å². The average molecular weight is 500 g/mol. The first-order valence-corrected chi connectivity index (χ1v) is 14.4. The number of anilines is 1. The van der Waals surface area contributed by atoms with Gasteiger partial charge in [-0.25, -0.2) is 4.98 Å². The van der Waals surface area contributed by atoms with Gasteiger partial charge in [-0.3, -0.25) is 9.69 Å². The number of carbonyl (C=O) groups is 1. The molecule has 1 fully saturated rings. The minimum atomic E-state index is -0.160. The van der Waals surface area contributed by atoms with Gasteiger partial charge in [-0.2, -0.15) is 0 Å². The Morgan fingerprint density at radius 1 is 1.03 bits per heavy atom. The number of likely N-dealkylation sites (tertiary alicyclic amines) is 1. The molecule has 3 rings (SSSR count). The molecule has 0 spiro atoms. The number of rotatable bonds is 17. The maximum Gasteiger partial charge on any atom is 0.305 e. The first-order chi connectivity index (χ1) is 17.6. The van der Waals surface area contributed by atoms with Crippen molar-refractivity contribution in [2.75, 3.05) is 51.7 Å². The number of methoxy groups -OCH3 is 1. The quantitative estimate of drug-likeness (QED) is 0.223. The van der Waals surface area contributed by atoms with E-state index in [9.17, 15) is 4.79 Å². The first-order valence-electron chi connectivity index (χ1n) is 14.4. The second-order valence-corrected chi connectivity index (χ2v) is 10.3. The SMILES string of the molecule is CCCCN(CCCC)Cc1ccc2nc(NCCCC(=O)OC)n(CCCN3CCCCC3)c2c1. The van der Waals surface area contributed by atoms with Crippen molar-refractivity contribution in [2.24, 2.45) is 0 Å². The van der Waals surface area contributed by atoms with Crippen molar-refractivity contribution in [1.29, 1.82) is 0 Å². The molecular formula is C29H49N5O2. The molecule has 1 N–H and O–H groups in total. The number of fused-ring (bicyclic) bond motifs is 1. The molecule has 0 aliphatic carbocycles. The van der Waals surface area contributed by atoms with Gasteiger partial charge in [-0.15, -0.1) is 0 Å². The zero-order valence-corrected chi connectivity index (χ0v) is 23.1. The number of aryl methyl sites for hydroxylation is 1. The van der Waals surface area contributed by atoms with Crippen molar-refractivity contribution in [3.63, 3.8) is 0 Å². The van der Waals surface area contributed by atoms with Gasteiger partial charge < -0.3 is 19.5 Å². The van der Waals surface area contributed by atoms with Gasteiger partial charge in [0.1, 0.15) is 0 Å².